The molecule has 1 atom stereocenters. The van der Waals surface area contributed by atoms with E-state index >= 15 is 0 Å². The summed E-state index contributed by atoms with van der Waals surface area (Å²) in [5.74, 6) is -0.838. The molecule has 2 aromatic carbocycles. The molecule has 0 aromatic heterocycles. The van der Waals surface area contributed by atoms with Gasteiger partial charge in [0.2, 0.25) is 0 Å². The molecule has 0 spiro atoms. The summed E-state index contributed by atoms with van der Waals surface area (Å²) >= 11 is 0. The van der Waals surface area contributed by atoms with Crippen LogP contribution in [0.25, 0.3) is 0 Å². The zero-order valence-corrected chi connectivity index (χ0v) is 14.4. The summed E-state index contributed by atoms with van der Waals surface area (Å²) in [5, 5.41) is 0. The van der Waals surface area contributed by atoms with E-state index in [4.69, 9.17) is 4.74 Å². The average Bonchev–Trinajstić information content (AvgIpc) is 3.08. The smallest absolute Gasteiger partial charge is 0.416 e. The van der Waals surface area contributed by atoms with E-state index in [2.05, 4.69) is 4.74 Å². The van der Waals surface area contributed by atoms with Crippen molar-refractivity contribution < 1.29 is 31.8 Å². The van der Waals surface area contributed by atoms with Crippen LogP contribution < -0.4 is 9.64 Å². The Morgan fingerprint density at radius 1 is 1.15 bits per heavy atom. The fraction of sp³-hybridized carbons (Fsp3) is 0.316. The number of ether oxygens (including phenoxy) is 2. The molecule has 1 aliphatic heterocycles. The number of esters is 1. The second kappa shape index (κ2) is 7.46. The third kappa shape index (κ3) is 4.32. The number of halogens is 4. The molecule has 3 rings (SSSR count). The second-order valence-corrected chi connectivity index (χ2v) is 6.15. The van der Waals surface area contributed by atoms with Crippen molar-refractivity contribution in [3.63, 3.8) is 0 Å². The summed E-state index contributed by atoms with van der Waals surface area (Å²) in [6, 6.07) is 8.58. The minimum atomic E-state index is -4.39. The topological polar surface area (TPSA) is 38.8 Å². The van der Waals surface area contributed by atoms with Crippen molar-refractivity contribution in [2.24, 2.45) is 0 Å². The third-order valence-corrected chi connectivity index (χ3v) is 4.34. The predicted octanol–water partition coefficient (Wildman–Crippen LogP) is 4.29. The van der Waals surface area contributed by atoms with Gasteiger partial charge in [0.15, 0.2) is 0 Å². The molecule has 0 amide bonds. The number of benzene rings is 2. The minimum Gasteiger partial charge on any atom is -0.489 e. The van der Waals surface area contributed by atoms with E-state index in [0.717, 1.165) is 18.2 Å². The molecule has 0 saturated carbocycles. The van der Waals surface area contributed by atoms with Gasteiger partial charge in [-0.25, -0.2) is 9.18 Å². The van der Waals surface area contributed by atoms with Crippen LogP contribution in [-0.2, 0) is 10.9 Å². The Kier molecular flexibility index (Phi) is 5.25. The number of alkyl halides is 3. The van der Waals surface area contributed by atoms with Gasteiger partial charge in [0.25, 0.3) is 0 Å². The van der Waals surface area contributed by atoms with Crippen LogP contribution in [0.2, 0.25) is 0 Å². The van der Waals surface area contributed by atoms with Crippen LogP contribution in [0, 0.1) is 5.82 Å². The third-order valence-electron chi connectivity index (χ3n) is 4.34. The summed E-state index contributed by atoms with van der Waals surface area (Å²) < 4.78 is 62.4. The Balaban J connectivity index is 1.64. The highest BCUT2D eigenvalue weighted by atomic mass is 19.4. The Labute approximate surface area is 153 Å². The van der Waals surface area contributed by atoms with Gasteiger partial charge < -0.3 is 14.4 Å². The van der Waals surface area contributed by atoms with E-state index in [1.54, 1.807) is 4.90 Å². The maximum Gasteiger partial charge on any atom is 0.416 e. The molecule has 144 valence electrons. The summed E-state index contributed by atoms with van der Waals surface area (Å²) in [6.07, 6.45) is -4.07. The molecule has 0 unspecified atom stereocenters. The lowest BCUT2D eigenvalue weighted by Crippen LogP contribution is -2.25. The molecular formula is C19H17F4NO3. The second-order valence-electron chi connectivity index (χ2n) is 6.15. The van der Waals surface area contributed by atoms with E-state index in [-0.39, 0.29) is 11.7 Å². The zero-order valence-electron chi connectivity index (χ0n) is 14.4. The summed E-state index contributed by atoms with van der Waals surface area (Å²) in [5.41, 5.74) is -0.285. The van der Waals surface area contributed by atoms with Gasteiger partial charge in [-0.2, -0.15) is 13.2 Å². The van der Waals surface area contributed by atoms with Gasteiger partial charge in [0.1, 0.15) is 17.7 Å². The Morgan fingerprint density at radius 2 is 1.85 bits per heavy atom. The first-order valence-electron chi connectivity index (χ1n) is 8.24. The fourth-order valence-corrected chi connectivity index (χ4v) is 2.97. The number of hydrogen-bond donors (Lipinski definition) is 0. The SMILES string of the molecule is COC(=O)c1ccc(N2CC[C@H](Oc3ccc(C(F)(F)F)cc3)C2)c(F)c1. The van der Waals surface area contributed by atoms with E-state index in [9.17, 15) is 22.4 Å². The van der Waals surface area contributed by atoms with Gasteiger partial charge in [0.05, 0.1) is 30.5 Å². The zero-order chi connectivity index (χ0) is 19.6. The van der Waals surface area contributed by atoms with Gasteiger partial charge in [-0.1, -0.05) is 0 Å². The molecule has 0 radical (unpaired) electrons. The predicted molar refractivity (Wildman–Crippen MR) is 90.4 cm³/mol. The van der Waals surface area contributed by atoms with Gasteiger partial charge in [-0.3, -0.25) is 0 Å². The molecule has 1 aliphatic rings. The first kappa shape index (κ1) is 19.0. The lowest BCUT2D eigenvalue weighted by molar-refractivity contribution is -0.137. The van der Waals surface area contributed by atoms with Gasteiger partial charge in [0, 0.05) is 13.0 Å². The first-order chi connectivity index (χ1) is 12.8. The van der Waals surface area contributed by atoms with E-state index in [0.29, 0.717) is 30.9 Å². The van der Waals surface area contributed by atoms with Crippen molar-refractivity contribution in [2.45, 2.75) is 18.7 Å². The van der Waals surface area contributed by atoms with Crippen molar-refractivity contribution in [1.82, 2.24) is 0 Å². The van der Waals surface area contributed by atoms with E-state index in [1.807, 2.05) is 0 Å². The van der Waals surface area contributed by atoms with Crippen molar-refractivity contribution in [3.8, 4) is 5.75 Å². The van der Waals surface area contributed by atoms with Crippen molar-refractivity contribution in [1.29, 1.82) is 0 Å². The number of rotatable bonds is 4. The molecule has 0 aliphatic carbocycles. The number of nitrogens with zero attached hydrogens (tertiary/aromatic N) is 1. The first-order valence-corrected chi connectivity index (χ1v) is 8.24. The van der Waals surface area contributed by atoms with Crippen LogP contribution >= 0.6 is 0 Å². The summed E-state index contributed by atoms with van der Waals surface area (Å²) in [7, 11) is 1.22. The lowest BCUT2D eigenvalue weighted by Gasteiger charge is -2.20. The molecule has 27 heavy (non-hydrogen) atoms. The highest BCUT2D eigenvalue weighted by Crippen LogP contribution is 2.31. The van der Waals surface area contributed by atoms with Crippen LogP contribution in [0.4, 0.5) is 23.2 Å². The van der Waals surface area contributed by atoms with Crippen LogP contribution in [-0.4, -0.2) is 32.3 Å². The summed E-state index contributed by atoms with van der Waals surface area (Å²) in [6.45, 7) is 0.912. The van der Waals surface area contributed by atoms with Gasteiger partial charge >= 0.3 is 12.1 Å². The van der Waals surface area contributed by atoms with Crippen LogP contribution in [0.5, 0.6) is 5.75 Å². The molecule has 0 N–H and O–H groups in total. The largest absolute Gasteiger partial charge is 0.489 e. The normalized spacial score (nSPS) is 17.1. The maximum atomic E-state index is 14.3. The van der Waals surface area contributed by atoms with Crippen LogP contribution in [0.3, 0.4) is 0 Å². The number of anilines is 1. The quantitative estimate of drug-likeness (QED) is 0.583. The molecule has 8 heteroatoms. The van der Waals surface area contributed by atoms with Gasteiger partial charge in [-0.05, 0) is 42.5 Å². The number of carbonyl (C=O) groups excluding carboxylic acids is 1. The van der Waals surface area contributed by atoms with Crippen LogP contribution in [0.1, 0.15) is 22.3 Å². The van der Waals surface area contributed by atoms with E-state index in [1.165, 1.54) is 31.4 Å². The number of methoxy groups -OCH3 is 1. The van der Waals surface area contributed by atoms with Crippen molar-refractivity contribution in [2.75, 3.05) is 25.1 Å². The summed E-state index contributed by atoms with van der Waals surface area (Å²) in [4.78, 5) is 13.2. The molecular weight excluding hydrogens is 366 g/mol. The number of hydrogen-bond acceptors (Lipinski definition) is 4. The Morgan fingerprint density at radius 3 is 2.44 bits per heavy atom. The molecule has 2 aromatic rings. The molecule has 1 heterocycles. The fourth-order valence-electron chi connectivity index (χ4n) is 2.97. The monoisotopic (exact) mass is 383 g/mol. The standard InChI is InChI=1S/C19H17F4NO3/c1-26-18(25)12-2-7-17(16(20)10-12)24-9-8-15(11-24)27-14-5-3-13(4-6-14)19(21,22)23/h2-7,10,15H,8-9,11H2,1H3/t15-/m0/s1. The highest BCUT2D eigenvalue weighted by Gasteiger charge is 2.30. The molecule has 1 saturated heterocycles. The van der Waals surface area contributed by atoms with Crippen molar-refractivity contribution in [3.05, 3.63) is 59.4 Å². The Hall–Kier alpha value is -2.77. The minimum absolute atomic E-state index is 0.121. The highest BCUT2D eigenvalue weighted by molar-refractivity contribution is 5.89. The van der Waals surface area contributed by atoms with Crippen molar-refractivity contribution >= 4 is 11.7 Å². The lowest BCUT2D eigenvalue weighted by atomic mass is 10.2. The molecule has 4 nitrogen and oxygen atoms in total. The molecule has 0 bridgehead atoms. The maximum absolute atomic E-state index is 14.3. The Bertz CT molecular complexity index is 821. The van der Waals surface area contributed by atoms with Crippen LogP contribution in [0.15, 0.2) is 42.5 Å². The van der Waals surface area contributed by atoms with E-state index < -0.39 is 23.5 Å². The average molecular weight is 383 g/mol. The van der Waals surface area contributed by atoms with Gasteiger partial charge in [-0.15, -0.1) is 0 Å². The number of carbonyl (C=O) groups is 1. The molecule has 1 fully saturated rings.